The Bertz CT molecular complexity index is 797. The third-order valence-corrected chi connectivity index (χ3v) is 3.34. The highest BCUT2D eigenvalue weighted by Gasteiger charge is 2.15. The van der Waals surface area contributed by atoms with Crippen molar-refractivity contribution in [3.8, 4) is 0 Å². The molecule has 0 spiro atoms. The van der Waals surface area contributed by atoms with Crippen LogP contribution in [-0.4, -0.2) is 24.9 Å². The Morgan fingerprint density at radius 2 is 1.60 bits per heavy atom. The first-order valence-corrected chi connectivity index (χ1v) is 7.38. The second-order valence-electron chi connectivity index (χ2n) is 5.22. The van der Waals surface area contributed by atoms with Crippen molar-refractivity contribution in [3.05, 3.63) is 59.4 Å². The Morgan fingerprint density at radius 3 is 2.32 bits per heavy atom. The van der Waals surface area contributed by atoms with Gasteiger partial charge in [-0.1, -0.05) is 18.2 Å². The zero-order chi connectivity index (χ0) is 18.4. The fourth-order valence-electron chi connectivity index (χ4n) is 2.00. The van der Waals surface area contributed by atoms with E-state index in [0.29, 0.717) is 6.07 Å². The summed E-state index contributed by atoms with van der Waals surface area (Å²) in [7, 11) is 0. The minimum absolute atomic E-state index is 0.0579. The van der Waals surface area contributed by atoms with Gasteiger partial charge in [-0.3, -0.25) is 9.59 Å². The molecule has 8 heteroatoms. The molecule has 0 radical (unpaired) electrons. The van der Waals surface area contributed by atoms with Crippen molar-refractivity contribution in [1.29, 1.82) is 0 Å². The van der Waals surface area contributed by atoms with Crippen LogP contribution in [0.2, 0.25) is 0 Å². The summed E-state index contributed by atoms with van der Waals surface area (Å²) < 4.78 is 39.3. The molecule has 0 aliphatic carbocycles. The number of aryl methyl sites for hydroxylation is 1. The lowest BCUT2D eigenvalue weighted by atomic mass is 10.2. The summed E-state index contributed by atoms with van der Waals surface area (Å²) in [6.45, 7) is 1.38. The van der Waals surface area contributed by atoms with E-state index in [1.54, 1.807) is 6.07 Å². The van der Waals surface area contributed by atoms with Gasteiger partial charge < -0.3 is 16.0 Å². The summed E-state index contributed by atoms with van der Waals surface area (Å²) in [6, 6.07) is 8.95. The molecule has 0 bridgehead atoms. The van der Waals surface area contributed by atoms with E-state index < -0.39 is 41.5 Å². The third-order valence-electron chi connectivity index (χ3n) is 3.34. The Morgan fingerprint density at radius 1 is 0.880 bits per heavy atom. The summed E-state index contributed by atoms with van der Waals surface area (Å²) in [5.74, 6) is -5.76. The monoisotopic (exact) mass is 351 g/mol. The van der Waals surface area contributed by atoms with Crippen LogP contribution in [0.5, 0.6) is 0 Å². The largest absolute Gasteiger partial charge is 0.376 e. The number of amides is 2. The highest BCUT2D eigenvalue weighted by Crippen LogP contribution is 2.19. The number of benzene rings is 2. The molecule has 132 valence electrons. The van der Waals surface area contributed by atoms with E-state index in [4.69, 9.17) is 0 Å². The Hall–Kier alpha value is -3.03. The maximum absolute atomic E-state index is 13.4. The predicted molar refractivity (Wildman–Crippen MR) is 87.6 cm³/mol. The van der Waals surface area contributed by atoms with E-state index in [0.717, 1.165) is 17.3 Å². The lowest BCUT2D eigenvalue weighted by Crippen LogP contribution is -2.36. The van der Waals surface area contributed by atoms with Gasteiger partial charge in [-0.25, -0.2) is 13.2 Å². The topological polar surface area (TPSA) is 70.2 Å². The van der Waals surface area contributed by atoms with Crippen molar-refractivity contribution >= 4 is 23.2 Å². The molecule has 2 aromatic carbocycles. The first kappa shape index (κ1) is 18.3. The lowest BCUT2D eigenvalue weighted by Gasteiger charge is -2.10. The van der Waals surface area contributed by atoms with Crippen LogP contribution in [0.4, 0.5) is 24.5 Å². The number of hydrogen-bond acceptors (Lipinski definition) is 3. The van der Waals surface area contributed by atoms with Crippen molar-refractivity contribution in [2.75, 3.05) is 23.7 Å². The van der Waals surface area contributed by atoms with Gasteiger partial charge in [0.2, 0.25) is 11.8 Å². The second kappa shape index (κ2) is 8.18. The van der Waals surface area contributed by atoms with Crippen LogP contribution in [0, 0.1) is 24.4 Å². The number of para-hydroxylation sites is 1. The molecule has 25 heavy (non-hydrogen) atoms. The highest BCUT2D eigenvalue weighted by atomic mass is 19.2. The zero-order valence-electron chi connectivity index (χ0n) is 13.3. The Labute approximate surface area is 142 Å². The maximum Gasteiger partial charge on any atom is 0.243 e. The molecule has 5 nitrogen and oxygen atoms in total. The van der Waals surface area contributed by atoms with Gasteiger partial charge in [0.05, 0.1) is 18.8 Å². The fourth-order valence-corrected chi connectivity index (χ4v) is 2.00. The molecule has 3 N–H and O–H groups in total. The average Bonchev–Trinajstić information content (AvgIpc) is 2.60. The van der Waals surface area contributed by atoms with Gasteiger partial charge in [0, 0.05) is 5.69 Å². The van der Waals surface area contributed by atoms with Crippen LogP contribution in [0.1, 0.15) is 5.56 Å². The number of carbonyl (C=O) groups is 2. The van der Waals surface area contributed by atoms with Crippen molar-refractivity contribution in [3.63, 3.8) is 0 Å². The van der Waals surface area contributed by atoms with Crippen molar-refractivity contribution in [2.45, 2.75) is 6.92 Å². The summed E-state index contributed by atoms with van der Waals surface area (Å²) in [5, 5.41) is 7.31. The normalized spacial score (nSPS) is 10.2. The van der Waals surface area contributed by atoms with Crippen LogP contribution in [-0.2, 0) is 9.59 Å². The van der Waals surface area contributed by atoms with Crippen LogP contribution in [0.3, 0.4) is 0 Å². The summed E-state index contributed by atoms with van der Waals surface area (Å²) in [5.41, 5.74) is 1.24. The minimum Gasteiger partial charge on any atom is -0.376 e. The second-order valence-corrected chi connectivity index (χ2v) is 5.22. The minimum atomic E-state index is -1.68. The molecule has 0 saturated heterocycles. The maximum atomic E-state index is 13.4. The molecule has 0 aliphatic heterocycles. The standard InChI is InChI=1S/C17H16F3N3O2/c1-10-4-2-3-5-12(10)21-8-14(24)22-9-15(25)23-13-7-6-11(18)16(19)17(13)20/h2-7,21H,8-9H2,1H3,(H,22,24)(H,23,25). The third kappa shape index (κ3) is 4.97. The average molecular weight is 351 g/mol. The van der Waals surface area contributed by atoms with E-state index in [1.165, 1.54) is 0 Å². The van der Waals surface area contributed by atoms with Crippen molar-refractivity contribution in [1.82, 2.24) is 5.32 Å². The van der Waals surface area contributed by atoms with Gasteiger partial charge in [0.15, 0.2) is 17.5 Å². The van der Waals surface area contributed by atoms with Crippen molar-refractivity contribution < 1.29 is 22.8 Å². The Balaban J connectivity index is 1.81. The first-order chi connectivity index (χ1) is 11.9. The molecule has 0 fully saturated rings. The van der Waals surface area contributed by atoms with E-state index in [2.05, 4.69) is 16.0 Å². The van der Waals surface area contributed by atoms with Gasteiger partial charge >= 0.3 is 0 Å². The van der Waals surface area contributed by atoms with Crippen molar-refractivity contribution in [2.24, 2.45) is 0 Å². The molecule has 2 aromatic rings. The molecule has 0 aliphatic rings. The number of anilines is 2. The van der Waals surface area contributed by atoms with Crippen LogP contribution in [0.15, 0.2) is 36.4 Å². The molecule has 2 amide bonds. The number of nitrogens with one attached hydrogen (secondary N) is 3. The summed E-state index contributed by atoms with van der Waals surface area (Å²) in [6.07, 6.45) is 0. The lowest BCUT2D eigenvalue weighted by molar-refractivity contribution is -0.122. The molecule has 2 rings (SSSR count). The van der Waals surface area contributed by atoms with Gasteiger partial charge in [0.1, 0.15) is 0 Å². The SMILES string of the molecule is Cc1ccccc1NCC(=O)NCC(=O)Nc1ccc(F)c(F)c1F. The van der Waals surface area contributed by atoms with Gasteiger partial charge in [-0.2, -0.15) is 0 Å². The van der Waals surface area contributed by atoms with Gasteiger partial charge in [0.25, 0.3) is 0 Å². The van der Waals surface area contributed by atoms with Gasteiger partial charge in [-0.15, -0.1) is 0 Å². The molecule has 0 aromatic heterocycles. The molecular formula is C17H16F3N3O2. The van der Waals surface area contributed by atoms with Crippen LogP contribution >= 0.6 is 0 Å². The predicted octanol–water partition coefficient (Wildman–Crippen LogP) is 2.58. The van der Waals surface area contributed by atoms with Crippen LogP contribution in [0.25, 0.3) is 0 Å². The smallest absolute Gasteiger partial charge is 0.243 e. The quantitative estimate of drug-likeness (QED) is 0.701. The summed E-state index contributed by atoms with van der Waals surface area (Å²) in [4.78, 5) is 23.4. The molecular weight excluding hydrogens is 335 g/mol. The number of hydrogen-bond donors (Lipinski definition) is 3. The molecule has 0 atom stereocenters. The van der Waals surface area contributed by atoms with E-state index >= 15 is 0 Å². The number of carbonyl (C=O) groups excluding carboxylic acids is 2. The first-order valence-electron chi connectivity index (χ1n) is 7.38. The van der Waals surface area contributed by atoms with Gasteiger partial charge in [-0.05, 0) is 30.7 Å². The Kier molecular flexibility index (Phi) is 5.99. The van der Waals surface area contributed by atoms with E-state index in [9.17, 15) is 22.8 Å². The molecule has 0 unspecified atom stereocenters. The van der Waals surface area contributed by atoms with E-state index in [1.807, 2.05) is 25.1 Å². The zero-order valence-corrected chi connectivity index (χ0v) is 13.3. The van der Waals surface area contributed by atoms with E-state index in [-0.39, 0.29) is 6.54 Å². The molecule has 0 saturated carbocycles. The van der Waals surface area contributed by atoms with Crippen LogP contribution < -0.4 is 16.0 Å². The highest BCUT2D eigenvalue weighted by molar-refractivity contribution is 5.95. The number of halogens is 3. The number of rotatable bonds is 6. The molecule has 0 heterocycles. The summed E-state index contributed by atoms with van der Waals surface area (Å²) >= 11 is 0. The fraction of sp³-hybridized carbons (Fsp3) is 0.176.